The largest absolute Gasteiger partial charge is 0.573 e. The Morgan fingerprint density at radius 3 is 2.14 bits per heavy atom. The van der Waals surface area contributed by atoms with Crippen molar-refractivity contribution >= 4 is 12.4 Å². The average molecular weight is 342 g/mol. The maximum absolute atomic E-state index is 13.4. The van der Waals surface area contributed by atoms with Crippen molar-refractivity contribution in [1.82, 2.24) is 0 Å². The monoisotopic (exact) mass is 341 g/mol. The molecule has 21 heavy (non-hydrogen) atoms. The molecule has 0 saturated heterocycles. The molecule has 0 amide bonds. The molecule has 1 rings (SSSR count). The molecule has 0 radical (unpaired) electrons. The molecule has 0 heterocycles. The van der Waals surface area contributed by atoms with E-state index in [4.69, 9.17) is 5.73 Å². The lowest BCUT2D eigenvalue weighted by Gasteiger charge is -2.16. The van der Waals surface area contributed by atoms with Crippen LogP contribution in [0.2, 0.25) is 0 Å². The fourth-order valence-corrected chi connectivity index (χ4v) is 1.48. The fourth-order valence-electron chi connectivity index (χ4n) is 1.48. The van der Waals surface area contributed by atoms with Crippen molar-refractivity contribution in [2.75, 3.05) is 0 Å². The number of halogens is 8. The van der Waals surface area contributed by atoms with Crippen LogP contribution >= 0.6 is 12.4 Å². The van der Waals surface area contributed by atoms with Gasteiger partial charge in [-0.3, -0.25) is 0 Å². The highest BCUT2D eigenvalue weighted by Crippen LogP contribution is 2.30. The number of ether oxygens (including phenoxy) is 1. The molecular weight excluding hydrogens is 331 g/mol. The molecule has 122 valence electrons. The zero-order valence-corrected chi connectivity index (χ0v) is 11.1. The summed E-state index contributed by atoms with van der Waals surface area (Å²) in [5.41, 5.74) is 4.90. The van der Waals surface area contributed by atoms with Crippen molar-refractivity contribution < 1.29 is 35.5 Å². The normalized spacial score (nSPS) is 13.5. The van der Waals surface area contributed by atoms with E-state index in [0.29, 0.717) is 18.2 Å². The highest BCUT2D eigenvalue weighted by Gasteiger charge is 2.32. The van der Waals surface area contributed by atoms with Crippen molar-refractivity contribution in [2.24, 2.45) is 5.73 Å². The van der Waals surface area contributed by atoms with Gasteiger partial charge in [0.1, 0.15) is 11.6 Å². The molecule has 2 N–H and O–H groups in total. The molecule has 0 bridgehead atoms. The third-order valence-corrected chi connectivity index (χ3v) is 2.34. The van der Waals surface area contributed by atoms with Gasteiger partial charge in [0, 0.05) is 18.0 Å². The summed E-state index contributed by atoms with van der Waals surface area (Å²) >= 11 is 0. The molecule has 1 aromatic rings. The summed E-state index contributed by atoms with van der Waals surface area (Å²) in [4.78, 5) is 0. The molecule has 0 spiro atoms. The van der Waals surface area contributed by atoms with E-state index in [9.17, 15) is 30.7 Å². The topological polar surface area (TPSA) is 35.2 Å². The van der Waals surface area contributed by atoms with E-state index in [2.05, 4.69) is 4.74 Å². The van der Waals surface area contributed by atoms with E-state index in [-0.39, 0.29) is 12.4 Å². The summed E-state index contributed by atoms with van der Waals surface area (Å²) in [7, 11) is 0. The van der Waals surface area contributed by atoms with Gasteiger partial charge in [0.2, 0.25) is 0 Å². The Labute approximate surface area is 121 Å². The van der Waals surface area contributed by atoms with Gasteiger partial charge < -0.3 is 10.5 Å². The van der Waals surface area contributed by atoms with Gasteiger partial charge in [-0.25, -0.2) is 4.39 Å². The van der Waals surface area contributed by atoms with Crippen LogP contribution in [0.5, 0.6) is 5.75 Å². The number of benzene rings is 1. The van der Waals surface area contributed by atoms with E-state index in [1.165, 1.54) is 0 Å². The smallest absolute Gasteiger partial charge is 0.406 e. The van der Waals surface area contributed by atoms with E-state index in [1.54, 1.807) is 0 Å². The van der Waals surface area contributed by atoms with Crippen molar-refractivity contribution in [3.05, 3.63) is 29.6 Å². The second-order valence-corrected chi connectivity index (χ2v) is 3.99. The zero-order valence-electron chi connectivity index (χ0n) is 10.3. The molecule has 2 nitrogen and oxygen atoms in total. The summed E-state index contributed by atoms with van der Waals surface area (Å²) < 4.78 is 88.9. The first-order valence-electron chi connectivity index (χ1n) is 5.35. The van der Waals surface area contributed by atoms with Gasteiger partial charge in [-0.1, -0.05) is 0 Å². The van der Waals surface area contributed by atoms with Crippen molar-refractivity contribution in [3.8, 4) is 5.75 Å². The summed E-state index contributed by atoms with van der Waals surface area (Å²) in [6, 6.07) is 0.629. The van der Waals surface area contributed by atoms with Gasteiger partial charge in [-0.2, -0.15) is 13.2 Å². The summed E-state index contributed by atoms with van der Waals surface area (Å²) in [6.45, 7) is 0. The standard InChI is InChI=1S/C11H10F7NO.ClH/c12-8-2-1-6(20-11(16,17)18)5-7(8)9(19)3-4-10(13,14)15;/h1-2,5,9H,3-4,19H2;1H/t9-;/m0./s1. The van der Waals surface area contributed by atoms with Crippen LogP contribution in [0.3, 0.4) is 0 Å². The molecule has 0 aliphatic rings. The van der Waals surface area contributed by atoms with Crippen molar-refractivity contribution in [2.45, 2.75) is 31.4 Å². The second-order valence-electron chi connectivity index (χ2n) is 3.99. The van der Waals surface area contributed by atoms with E-state index >= 15 is 0 Å². The molecule has 1 aromatic carbocycles. The van der Waals surface area contributed by atoms with Crippen LogP contribution in [0.4, 0.5) is 30.7 Å². The first kappa shape index (κ1) is 19.8. The van der Waals surface area contributed by atoms with Crippen LogP contribution in [0.15, 0.2) is 18.2 Å². The van der Waals surface area contributed by atoms with Crippen molar-refractivity contribution in [3.63, 3.8) is 0 Å². The number of hydrogen-bond donors (Lipinski definition) is 1. The molecule has 0 aliphatic heterocycles. The molecule has 0 saturated carbocycles. The molecule has 0 aromatic heterocycles. The average Bonchev–Trinajstić information content (AvgIpc) is 2.25. The minimum Gasteiger partial charge on any atom is -0.406 e. The van der Waals surface area contributed by atoms with Crippen LogP contribution in [0, 0.1) is 5.82 Å². The molecule has 0 fully saturated rings. The number of nitrogens with two attached hydrogens (primary N) is 1. The Balaban J connectivity index is 0.00000400. The highest BCUT2D eigenvalue weighted by molar-refractivity contribution is 5.85. The second kappa shape index (κ2) is 7.17. The lowest BCUT2D eigenvalue weighted by atomic mass is 10.0. The first-order chi connectivity index (χ1) is 8.98. The summed E-state index contributed by atoms with van der Waals surface area (Å²) in [6.07, 6.45) is -11.4. The van der Waals surface area contributed by atoms with Gasteiger partial charge in [0.25, 0.3) is 0 Å². The van der Waals surface area contributed by atoms with Crippen molar-refractivity contribution in [1.29, 1.82) is 0 Å². The molecule has 0 unspecified atom stereocenters. The van der Waals surface area contributed by atoms with Crippen LogP contribution in [-0.4, -0.2) is 12.5 Å². The van der Waals surface area contributed by atoms with Crippen LogP contribution < -0.4 is 10.5 Å². The molecule has 10 heteroatoms. The third kappa shape index (κ3) is 7.37. The van der Waals surface area contributed by atoms with Gasteiger partial charge in [0.15, 0.2) is 0 Å². The van der Waals surface area contributed by atoms with Crippen LogP contribution in [0.1, 0.15) is 24.4 Å². The zero-order chi connectivity index (χ0) is 15.6. The van der Waals surface area contributed by atoms with Gasteiger partial charge in [0.05, 0.1) is 0 Å². The van der Waals surface area contributed by atoms with Gasteiger partial charge in [-0.05, 0) is 24.6 Å². The number of alkyl halides is 6. The Morgan fingerprint density at radius 1 is 1.10 bits per heavy atom. The maximum Gasteiger partial charge on any atom is 0.573 e. The SMILES string of the molecule is Cl.N[C@@H](CCC(F)(F)F)c1cc(OC(F)(F)F)ccc1F. The predicted octanol–water partition coefficient (Wildman–Crippen LogP) is 4.49. The first-order valence-corrected chi connectivity index (χ1v) is 5.35. The van der Waals surface area contributed by atoms with Gasteiger partial charge >= 0.3 is 12.5 Å². The van der Waals surface area contributed by atoms with E-state index in [0.717, 1.165) is 0 Å². The quantitative estimate of drug-likeness (QED) is 0.819. The number of rotatable bonds is 4. The number of hydrogen-bond acceptors (Lipinski definition) is 2. The minimum absolute atomic E-state index is 0. The minimum atomic E-state index is -4.98. The molecule has 1 atom stereocenters. The third-order valence-electron chi connectivity index (χ3n) is 2.34. The van der Waals surface area contributed by atoms with E-state index in [1.807, 2.05) is 0 Å². The Bertz CT molecular complexity index is 461. The predicted molar refractivity (Wildman–Crippen MR) is 62.5 cm³/mol. The lowest BCUT2D eigenvalue weighted by Crippen LogP contribution is -2.19. The summed E-state index contributed by atoms with van der Waals surface area (Å²) in [5.74, 6) is -1.73. The van der Waals surface area contributed by atoms with Gasteiger partial charge in [-0.15, -0.1) is 25.6 Å². The van der Waals surface area contributed by atoms with Crippen LogP contribution in [-0.2, 0) is 0 Å². The molecular formula is C11H11ClF7NO. The maximum atomic E-state index is 13.4. The van der Waals surface area contributed by atoms with E-state index < -0.39 is 48.6 Å². The Hall–Kier alpha value is -1.22. The van der Waals surface area contributed by atoms with Crippen LogP contribution in [0.25, 0.3) is 0 Å². The Morgan fingerprint density at radius 2 is 1.67 bits per heavy atom. The molecule has 0 aliphatic carbocycles. The Kier molecular flexibility index (Phi) is 6.75. The fraction of sp³-hybridized carbons (Fsp3) is 0.455. The highest BCUT2D eigenvalue weighted by atomic mass is 35.5. The summed E-state index contributed by atoms with van der Waals surface area (Å²) in [5, 5.41) is 0. The lowest BCUT2D eigenvalue weighted by molar-refractivity contribution is -0.274.